The summed E-state index contributed by atoms with van der Waals surface area (Å²) in [7, 11) is -0.662. The first-order valence-corrected chi connectivity index (χ1v) is 7.10. The van der Waals surface area contributed by atoms with Crippen molar-refractivity contribution in [1.29, 1.82) is 0 Å². The van der Waals surface area contributed by atoms with E-state index in [0.29, 0.717) is 6.61 Å². The van der Waals surface area contributed by atoms with Crippen molar-refractivity contribution in [1.82, 2.24) is 4.90 Å². The molecule has 0 amide bonds. The minimum Gasteiger partial charge on any atom is -0.396 e. The molecule has 0 aromatic carbocycles. The third kappa shape index (κ3) is 4.21. The average molecular weight is 233 g/mol. The van der Waals surface area contributed by atoms with Crippen LogP contribution < -0.4 is 0 Å². The fraction of sp³-hybridized carbons (Fsp3) is 1.00. The van der Waals surface area contributed by atoms with Crippen LogP contribution in [0.25, 0.3) is 0 Å². The summed E-state index contributed by atoms with van der Waals surface area (Å²) in [6, 6.07) is 0. The third-order valence-electron chi connectivity index (χ3n) is 2.95. The molecule has 1 atom stereocenters. The van der Waals surface area contributed by atoms with Gasteiger partial charge in [-0.25, -0.2) is 0 Å². The molecule has 0 aliphatic carbocycles. The van der Waals surface area contributed by atoms with Crippen molar-refractivity contribution in [2.75, 3.05) is 32.0 Å². The lowest BCUT2D eigenvalue weighted by Crippen LogP contribution is -2.50. The molecule has 0 aromatic rings. The van der Waals surface area contributed by atoms with Gasteiger partial charge in [0.25, 0.3) is 0 Å². The van der Waals surface area contributed by atoms with Crippen LogP contribution in [-0.4, -0.2) is 51.0 Å². The molecule has 1 rings (SSSR count). The molecule has 1 aliphatic rings. The molecule has 4 heteroatoms. The molecule has 1 N–H and O–H groups in total. The van der Waals surface area contributed by atoms with Crippen molar-refractivity contribution < 1.29 is 9.32 Å². The smallest absolute Gasteiger partial charge is 0.0530 e. The Morgan fingerprint density at radius 3 is 2.67 bits per heavy atom. The molecular formula is C11H23NO2S. The fourth-order valence-electron chi connectivity index (χ4n) is 1.99. The van der Waals surface area contributed by atoms with Crippen molar-refractivity contribution in [3.8, 4) is 0 Å². The first-order valence-electron chi connectivity index (χ1n) is 5.78. The van der Waals surface area contributed by atoms with Gasteiger partial charge in [0.15, 0.2) is 0 Å². The molecule has 3 nitrogen and oxygen atoms in total. The van der Waals surface area contributed by atoms with Crippen LogP contribution in [0.3, 0.4) is 0 Å². The number of nitrogens with zero attached hydrogens (tertiary/aromatic N) is 1. The van der Waals surface area contributed by atoms with E-state index in [-0.39, 0.29) is 4.75 Å². The quantitative estimate of drug-likeness (QED) is 0.720. The van der Waals surface area contributed by atoms with E-state index in [1.807, 2.05) is 0 Å². The molecule has 1 heterocycles. The molecule has 0 saturated carbocycles. The summed E-state index contributed by atoms with van der Waals surface area (Å²) in [6.45, 7) is 7.47. The van der Waals surface area contributed by atoms with E-state index >= 15 is 0 Å². The molecule has 0 bridgehead atoms. The highest BCUT2D eigenvalue weighted by molar-refractivity contribution is 7.86. The van der Waals surface area contributed by atoms with Gasteiger partial charge in [0, 0.05) is 36.2 Å². The maximum atomic E-state index is 11.7. The molecule has 0 aromatic heterocycles. The van der Waals surface area contributed by atoms with Crippen molar-refractivity contribution in [2.45, 2.75) is 37.9 Å². The number of unbranched alkanes of at least 4 members (excludes halogenated alkanes) is 2. The lowest BCUT2D eigenvalue weighted by molar-refractivity contribution is 0.240. The maximum absolute atomic E-state index is 11.7. The molecule has 1 saturated heterocycles. The largest absolute Gasteiger partial charge is 0.396 e. The summed E-state index contributed by atoms with van der Waals surface area (Å²) in [5, 5.41) is 8.67. The van der Waals surface area contributed by atoms with E-state index in [4.69, 9.17) is 5.11 Å². The molecular weight excluding hydrogens is 210 g/mol. The zero-order chi connectivity index (χ0) is 11.3. The Morgan fingerprint density at radius 2 is 2.07 bits per heavy atom. The summed E-state index contributed by atoms with van der Waals surface area (Å²) in [5.74, 6) is 0.812. The van der Waals surface area contributed by atoms with E-state index in [9.17, 15) is 4.21 Å². The first kappa shape index (κ1) is 13.1. The van der Waals surface area contributed by atoms with Gasteiger partial charge in [-0.05, 0) is 39.7 Å². The van der Waals surface area contributed by atoms with Crippen LogP contribution >= 0.6 is 0 Å². The Morgan fingerprint density at radius 1 is 1.33 bits per heavy atom. The van der Waals surface area contributed by atoms with Crippen LogP contribution in [0.5, 0.6) is 0 Å². The predicted molar refractivity (Wildman–Crippen MR) is 64.5 cm³/mol. The summed E-state index contributed by atoms with van der Waals surface area (Å²) in [4.78, 5) is 2.40. The molecule has 1 fully saturated rings. The number of aliphatic hydroxyl groups is 1. The second-order valence-corrected chi connectivity index (χ2v) is 7.07. The normalized spacial score (nSPS) is 26.7. The zero-order valence-electron chi connectivity index (χ0n) is 9.87. The Bertz CT molecular complexity index is 219. The average Bonchev–Trinajstić information content (AvgIpc) is 2.18. The molecule has 1 aliphatic heterocycles. The van der Waals surface area contributed by atoms with Gasteiger partial charge < -0.3 is 10.0 Å². The second-order valence-electron chi connectivity index (χ2n) is 4.87. The van der Waals surface area contributed by atoms with E-state index in [0.717, 1.165) is 44.6 Å². The number of aliphatic hydroxyl groups excluding tert-OH is 1. The molecule has 0 spiro atoms. The van der Waals surface area contributed by atoms with Gasteiger partial charge in [0.05, 0.1) is 4.75 Å². The Kier molecular flexibility index (Phi) is 5.23. The van der Waals surface area contributed by atoms with Crippen LogP contribution in [0.2, 0.25) is 0 Å². The molecule has 15 heavy (non-hydrogen) atoms. The Hall–Kier alpha value is 0.0700. The second kappa shape index (κ2) is 5.97. The summed E-state index contributed by atoms with van der Waals surface area (Å²) in [6.07, 6.45) is 3.14. The number of rotatable bonds is 5. The third-order valence-corrected chi connectivity index (χ3v) is 4.86. The molecule has 0 radical (unpaired) electrons. The summed E-state index contributed by atoms with van der Waals surface area (Å²) >= 11 is 0. The van der Waals surface area contributed by atoms with Gasteiger partial charge in [-0.15, -0.1) is 0 Å². The van der Waals surface area contributed by atoms with Crippen LogP contribution in [0.4, 0.5) is 0 Å². The Labute approximate surface area is 95.3 Å². The minimum absolute atomic E-state index is 0.0464. The van der Waals surface area contributed by atoms with E-state index in [1.165, 1.54) is 0 Å². The zero-order valence-corrected chi connectivity index (χ0v) is 10.7. The lowest BCUT2D eigenvalue weighted by Gasteiger charge is -2.37. The molecule has 1 unspecified atom stereocenters. The Balaban J connectivity index is 2.24. The highest BCUT2D eigenvalue weighted by Crippen LogP contribution is 2.20. The van der Waals surface area contributed by atoms with Gasteiger partial charge in [-0.1, -0.05) is 0 Å². The van der Waals surface area contributed by atoms with Crippen molar-refractivity contribution in [3.63, 3.8) is 0 Å². The van der Waals surface area contributed by atoms with Crippen LogP contribution in [0.1, 0.15) is 33.1 Å². The summed E-state index contributed by atoms with van der Waals surface area (Å²) < 4.78 is 11.6. The monoisotopic (exact) mass is 233 g/mol. The highest BCUT2D eigenvalue weighted by atomic mass is 32.2. The fourth-order valence-corrected chi connectivity index (χ4v) is 3.30. The van der Waals surface area contributed by atoms with E-state index in [2.05, 4.69) is 18.7 Å². The number of hydrogen-bond donors (Lipinski definition) is 1. The minimum atomic E-state index is -0.662. The van der Waals surface area contributed by atoms with Gasteiger partial charge in [-0.3, -0.25) is 4.21 Å². The lowest BCUT2D eigenvalue weighted by atomic mass is 10.1. The van der Waals surface area contributed by atoms with E-state index < -0.39 is 10.8 Å². The maximum Gasteiger partial charge on any atom is 0.0530 e. The van der Waals surface area contributed by atoms with Gasteiger partial charge >= 0.3 is 0 Å². The number of hydrogen-bond acceptors (Lipinski definition) is 3. The van der Waals surface area contributed by atoms with E-state index in [1.54, 1.807) is 0 Å². The van der Waals surface area contributed by atoms with Gasteiger partial charge in [0.1, 0.15) is 0 Å². The van der Waals surface area contributed by atoms with Crippen molar-refractivity contribution in [3.05, 3.63) is 0 Å². The molecule has 90 valence electrons. The van der Waals surface area contributed by atoms with Crippen molar-refractivity contribution in [2.24, 2.45) is 0 Å². The summed E-state index contributed by atoms with van der Waals surface area (Å²) in [5.41, 5.74) is 0. The van der Waals surface area contributed by atoms with Gasteiger partial charge in [0.2, 0.25) is 0 Å². The van der Waals surface area contributed by atoms with Crippen LogP contribution in [-0.2, 0) is 10.8 Å². The first-order chi connectivity index (χ1) is 7.06. The highest BCUT2D eigenvalue weighted by Gasteiger charge is 2.32. The predicted octanol–water partition coefficient (Wildman–Crippen LogP) is 0.992. The van der Waals surface area contributed by atoms with Crippen molar-refractivity contribution >= 4 is 10.8 Å². The van der Waals surface area contributed by atoms with Crippen LogP contribution in [0.15, 0.2) is 0 Å². The van der Waals surface area contributed by atoms with Gasteiger partial charge in [-0.2, -0.15) is 0 Å². The standard InChI is InChI=1S/C11H23NO2S/c1-11(2)10-12(7-9-15(11)14)6-4-3-5-8-13/h13H,3-10H2,1-2H3. The van der Waals surface area contributed by atoms with Crippen LogP contribution in [0, 0.1) is 0 Å². The topological polar surface area (TPSA) is 40.5 Å². The SMILES string of the molecule is CC1(C)CN(CCCCCO)CCS1=O.